The molecule has 0 fully saturated rings. The van der Waals surface area contributed by atoms with Crippen molar-refractivity contribution < 1.29 is 19.1 Å². The third-order valence-electron chi connectivity index (χ3n) is 2.62. The number of carbonyl (C=O) groups excluding carboxylic acids is 1. The van der Waals surface area contributed by atoms with Crippen LogP contribution in [0.4, 0.5) is 10.5 Å². The minimum absolute atomic E-state index is 0.000501. The van der Waals surface area contributed by atoms with Gasteiger partial charge < -0.3 is 20.2 Å². The maximum atomic E-state index is 11.7. The van der Waals surface area contributed by atoms with Gasteiger partial charge in [0.05, 0.1) is 12.1 Å². The van der Waals surface area contributed by atoms with Crippen molar-refractivity contribution in [2.75, 3.05) is 5.32 Å². The third-order valence-corrected chi connectivity index (χ3v) is 2.84. The lowest BCUT2D eigenvalue weighted by Gasteiger charge is -2.08. The third kappa shape index (κ3) is 4.25. The molecular formula is C14H13ClN2O4. The smallest absolute Gasteiger partial charge is 0.335 e. The quantitative estimate of drug-likeness (QED) is 0.808. The zero-order valence-corrected chi connectivity index (χ0v) is 11.9. The summed E-state index contributed by atoms with van der Waals surface area (Å²) in [6.45, 7) is 2.04. The van der Waals surface area contributed by atoms with E-state index in [1.54, 1.807) is 12.1 Å². The molecule has 2 aromatic rings. The molecule has 0 aliphatic heterocycles. The summed E-state index contributed by atoms with van der Waals surface area (Å²) in [4.78, 5) is 22.6. The second-order valence-corrected chi connectivity index (χ2v) is 4.79. The summed E-state index contributed by atoms with van der Waals surface area (Å²) in [6.07, 6.45) is 0. The maximum Gasteiger partial charge on any atom is 0.335 e. The number of amides is 2. The zero-order chi connectivity index (χ0) is 15.4. The first-order chi connectivity index (χ1) is 9.94. The Morgan fingerprint density at radius 2 is 2.05 bits per heavy atom. The number of benzene rings is 1. The number of carbonyl (C=O) groups is 2. The molecule has 0 radical (unpaired) electrons. The molecule has 0 aliphatic rings. The monoisotopic (exact) mass is 308 g/mol. The minimum Gasteiger partial charge on any atom is -0.478 e. The Kier molecular flexibility index (Phi) is 4.49. The van der Waals surface area contributed by atoms with Crippen LogP contribution in [0.3, 0.4) is 0 Å². The molecule has 1 aromatic heterocycles. The van der Waals surface area contributed by atoms with Gasteiger partial charge in [-0.1, -0.05) is 11.6 Å². The van der Waals surface area contributed by atoms with Gasteiger partial charge in [0, 0.05) is 10.7 Å². The Labute approximate surface area is 125 Å². The van der Waals surface area contributed by atoms with E-state index in [1.807, 2.05) is 6.92 Å². The summed E-state index contributed by atoms with van der Waals surface area (Å²) in [6, 6.07) is 7.17. The number of rotatable bonds is 4. The molecule has 0 saturated carbocycles. The van der Waals surface area contributed by atoms with Crippen LogP contribution in [0.1, 0.15) is 21.9 Å². The molecule has 2 rings (SSSR count). The molecule has 6 nitrogen and oxygen atoms in total. The van der Waals surface area contributed by atoms with Crippen molar-refractivity contribution in [2.45, 2.75) is 13.5 Å². The summed E-state index contributed by atoms with van der Waals surface area (Å²) < 4.78 is 5.31. The van der Waals surface area contributed by atoms with Gasteiger partial charge in [0.2, 0.25) is 0 Å². The summed E-state index contributed by atoms with van der Waals surface area (Å²) in [5.74, 6) is 0.264. The first-order valence-corrected chi connectivity index (χ1v) is 6.46. The number of carboxylic acids is 1. The zero-order valence-electron chi connectivity index (χ0n) is 11.1. The Bertz CT molecular complexity index is 681. The normalized spacial score (nSPS) is 10.2. The van der Waals surface area contributed by atoms with Gasteiger partial charge in [-0.3, -0.25) is 0 Å². The number of carboxylic acid groups (broad SMARTS) is 1. The maximum absolute atomic E-state index is 11.7. The lowest BCUT2D eigenvalue weighted by atomic mass is 10.2. The van der Waals surface area contributed by atoms with Crippen molar-refractivity contribution in [3.05, 3.63) is 52.4 Å². The van der Waals surface area contributed by atoms with Gasteiger partial charge in [0.15, 0.2) is 0 Å². The summed E-state index contributed by atoms with van der Waals surface area (Å²) in [5.41, 5.74) is 0.299. The fourth-order valence-electron chi connectivity index (χ4n) is 1.71. The molecule has 0 spiro atoms. The van der Waals surface area contributed by atoms with E-state index in [0.717, 1.165) is 5.76 Å². The SMILES string of the molecule is Cc1ccc(CNC(=O)Nc2cc(Cl)cc(C(=O)O)c2)o1. The number of hydrogen-bond donors (Lipinski definition) is 3. The van der Waals surface area contributed by atoms with Crippen molar-refractivity contribution in [1.29, 1.82) is 0 Å². The molecule has 7 heteroatoms. The van der Waals surface area contributed by atoms with Crippen LogP contribution < -0.4 is 10.6 Å². The van der Waals surface area contributed by atoms with Crippen molar-refractivity contribution in [3.8, 4) is 0 Å². The molecule has 110 valence electrons. The number of halogens is 1. The second-order valence-electron chi connectivity index (χ2n) is 4.35. The van der Waals surface area contributed by atoms with Crippen LogP contribution in [-0.4, -0.2) is 17.1 Å². The number of aromatic carboxylic acids is 1. The van der Waals surface area contributed by atoms with Crippen LogP contribution in [0.25, 0.3) is 0 Å². The Balaban J connectivity index is 1.97. The summed E-state index contributed by atoms with van der Waals surface area (Å²) in [5, 5.41) is 14.3. The molecule has 3 N–H and O–H groups in total. The first-order valence-electron chi connectivity index (χ1n) is 6.08. The van der Waals surface area contributed by atoms with Crippen LogP contribution in [0, 0.1) is 6.92 Å². The van der Waals surface area contributed by atoms with Gasteiger partial charge >= 0.3 is 12.0 Å². The summed E-state index contributed by atoms with van der Waals surface area (Å²) in [7, 11) is 0. The fourth-order valence-corrected chi connectivity index (χ4v) is 1.94. The van der Waals surface area contributed by atoms with Gasteiger partial charge in [0.25, 0.3) is 0 Å². The molecule has 2 amide bonds. The van der Waals surface area contributed by atoms with E-state index >= 15 is 0 Å². The van der Waals surface area contributed by atoms with Gasteiger partial charge in [-0.15, -0.1) is 0 Å². The average molecular weight is 309 g/mol. The standard InChI is InChI=1S/C14H13ClN2O4/c1-8-2-3-12(21-8)7-16-14(20)17-11-5-9(13(18)19)4-10(15)6-11/h2-6H,7H2,1H3,(H,18,19)(H2,16,17,20). The Hall–Kier alpha value is -2.47. The van der Waals surface area contributed by atoms with Gasteiger partial charge in [-0.25, -0.2) is 9.59 Å². The van der Waals surface area contributed by atoms with Crippen LogP contribution in [-0.2, 0) is 6.54 Å². The number of hydrogen-bond acceptors (Lipinski definition) is 3. The fraction of sp³-hybridized carbons (Fsp3) is 0.143. The molecule has 0 bridgehead atoms. The van der Waals surface area contributed by atoms with Gasteiger partial charge in [0.1, 0.15) is 11.5 Å². The predicted octanol–water partition coefficient (Wildman–Crippen LogP) is 3.26. The van der Waals surface area contributed by atoms with E-state index in [2.05, 4.69) is 10.6 Å². The van der Waals surface area contributed by atoms with Crippen LogP contribution in [0.5, 0.6) is 0 Å². The Morgan fingerprint density at radius 1 is 1.29 bits per heavy atom. The molecule has 1 aromatic carbocycles. The van der Waals surface area contributed by atoms with E-state index in [1.165, 1.54) is 18.2 Å². The van der Waals surface area contributed by atoms with E-state index < -0.39 is 12.0 Å². The molecule has 0 aliphatic carbocycles. The van der Waals surface area contributed by atoms with E-state index in [9.17, 15) is 9.59 Å². The van der Waals surface area contributed by atoms with Crippen molar-refractivity contribution in [2.24, 2.45) is 0 Å². The molecular weight excluding hydrogens is 296 g/mol. The van der Waals surface area contributed by atoms with E-state index in [4.69, 9.17) is 21.1 Å². The second kappa shape index (κ2) is 6.32. The van der Waals surface area contributed by atoms with Crippen LogP contribution >= 0.6 is 11.6 Å². The molecule has 21 heavy (non-hydrogen) atoms. The lowest BCUT2D eigenvalue weighted by molar-refractivity contribution is 0.0697. The number of urea groups is 1. The summed E-state index contributed by atoms with van der Waals surface area (Å²) >= 11 is 5.80. The van der Waals surface area contributed by atoms with Gasteiger partial charge in [-0.05, 0) is 37.3 Å². The number of nitrogens with one attached hydrogen (secondary N) is 2. The first kappa shape index (κ1) is 14.9. The van der Waals surface area contributed by atoms with E-state index in [-0.39, 0.29) is 17.1 Å². The number of aryl methyl sites for hydroxylation is 1. The molecule has 0 atom stereocenters. The highest BCUT2D eigenvalue weighted by atomic mass is 35.5. The minimum atomic E-state index is -1.12. The Morgan fingerprint density at radius 3 is 2.67 bits per heavy atom. The van der Waals surface area contributed by atoms with Crippen molar-refractivity contribution >= 4 is 29.3 Å². The highest BCUT2D eigenvalue weighted by Gasteiger charge is 2.09. The molecule has 0 unspecified atom stereocenters. The molecule has 1 heterocycles. The number of furan rings is 1. The van der Waals surface area contributed by atoms with Crippen LogP contribution in [0.2, 0.25) is 5.02 Å². The predicted molar refractivity (Wildman–Crippen MR) is 77.7 cm³/mol. The number of anilines is 1. The highest BCUT2D eigenvalue weighted by molar-refractivity contribution is 6.31. The van der Waals surface area contributed by atoms with Crippen molar-refractivity contribution in [1.82, 2.24) is 5.32 Å². The lowest BCUT2D eigenvalue weighted by Crippen LogP contribution is -2.28. The highest BCUT2D eigenvalue weighted by Crippen LogP contribution is 2.19. The van der Waals surface area contributed by atoms with Crippen LogP contribution in [0.15, 0.2) is 34.7 Å². The van der Waals surface area contributed by atoms with Gasteiger partial charge in [-0.2, -0.15) is 0 Å². The molecule has 0 saturated heterocycles. The van der Waals surface area contributed by atoms with Crippen molar-refractivity contribution in [3.63, 3.8) is 0 Å². The average Bonchev–Trinajstić information content (AvgIpc) is 2.81. The van der Waals surface area contributed by atoms with E-state index in [0.29, 0.717) is 11.4 Å². The topological polar surface area (TPSA) is 91.6 Å². The largest absolute Gasteiger partial charge is 0.478 e.